The highest BCUT2D eigenvalue weighted by molar-refractivity contribution is 5.30. The first kappa shape index (κ1) is 14.7. The Morgan fingerprint density at radius 3 is 2.45 bits per heavy atom. The fourth-order valence-electron chi connectivity index (χ4n) is 3.11. The van der Waals surface area contributed by atoms with E-state index in [0.717, 1.165) is 12.8 Å². The van der Waals surface area contributed by atoms with Gasteiger partial charge in [0.1, 0.15) is 0 Å². The summed E-state index contributed by atoms with van der Waals surface area (Å²) in [6.45, 7) is 4.69. The van der Waals surface area contributed by atoms with Gasteiger partial charge >= 0.3 is 0 Å². The predicted octanol–water partition coefficient (Wildman–Crippen LogP) is 5.08. The van der Waals surface area contributed by atoms with Gasteiger partial charge in [-0.1, -0.05) is 68.0 Å². The number of aromatic nitrogens is 1. The van der Waals surface area contributed by atoms with Crippen LogP contribution in [0.2, 0.25) is 0 Å². The molecule has 2 aromatic rings. The Bertz CT molecular complexity index is 648. The molecule has 0 bridgehead atoms. The molecular weight excluding hydrogens is 268 g/mol. The van der Waals surface area contributed by atoms with E-state index in [1.807, 2.05) is 12.1 Å². The van der Waals surface area contributed by atoms with Gasteiger partial charge in [-0.05, 0) is 36.0 Å². The van der Waals surface area contributed by atoms with E-state index in [4.69, 9.17) is 0 Å². The van der Waals surface area contributed by atoms with Crippen molar-refractivity contribution in [3.8, 4) is 0 Å². The molecule has 1 aliphatic carbocycles. The lowest BCUT2D eigenvalue weighted by atomic mass is 9.77. The van der Waals surface area contributed by atoms with Gasteiger partial charge in [0.15, 0.2) is 0 Å². The van der Waals surface area contributed by atoms with Crippen LogP contribution in [0.4, 0.5) is 0 Å². The zero-order valence-electron chi connectivity index (χ0n) is 13.4. The first-order chi connectivity index (χ1) is 10.6. The maximum atomic E-state index is 3.62. The summed E-state index contributed by atoms with van der Waals surface area (Å²) in [6.07, 6.45) is 12.9. The molecular formula is C20H24N2. The molecule has 1 aromatic carbocycles. The molecule has 1 heterocycles. The number of nitrogens with zero attached hydrogens (tertiary/aromatic N) is 1. The zero-order chi connectivity index (χ0) is 15.4. The topological polar surface area (TPSA) is 17.0 Å². The van der Waals surface area contributed by atoms with E-state index in [1.54, 1.807) is 0 Å². The third-order valence-electron chi connectivity index (χ3n) is 4.47. The summed E-state index contributed by atoms with van der Waals surface area (Å²) < 4.78 is 2.05. The number of allylic oxidation sites excluding steroid dienone is 4. The van der Waals surface area contributed by atoms with Crippen molar-refractivity contribution in [3.05, 3.63) is 84.2 Å². The summed E-state index contributed by atoms with van der Waals surface area (Å²) >= 11 is 0. The highest BCUT2D eigenvalue weighted by atomic mass is 15.4. The molecule has 1 atom stereocenters. The van der Waals surface area contributed by atoms with Crippen LogP contribution in [0.1, 0.15) is 38.3 Å². The molecule has 0 radical (unpaired) electrons. The SMILES string of the molecule is CC(C)(CC(Nn1cccc1)c1ccccc1)C1=CC=CC1. The minimum Gasteiger partial charge on any atom is -0.319 e. The molecule has 1 aliphatic rings. The van der Waals surface area contributed by atoms with E-state index in [2.05, 4.69) is 84.9 Å². The van der Waals surface area contributed by atoms with Gasteiger partial charge in [-0.15, -0.1) is 0 Å². The summed E-state index contributed by atoms with van der Waals surface area (Å²) in [5, 5.41) is 0. The number of benzene rings is 1. The lowest BCUT2D eigenvalue weighted by Crippen LogP contribution is -2.26. The monoisotopic (exact) mass is 292 g/mol. The Labute approximate surface area is 133 Å². The molecule has 2 nitrogen and oxygen atoms in total. The summed E-state index contributed by atoms with van der Waals surface area (Å²) in [5.41, 5.74) is 6.64. The van der Waals surface area contributed by atoms with Crippen LogP contribution < -0.4 is 5.43 Å². The van der Waals surface area contributed by atoms with Gasteiger partial charge in [0.25, 0.3) is 0 Å². The fraction of sp³-hybridized carbons (Fsp3) is 0.300. The third-order valence-corrected chi connectivity index (χ3v) is 4.47. The average Bonchev–Trinajstić information content (AvgIpc) is 3.21. The van der Waals surface area contributed by atoms with Crippen LogP contribution in [0, 0.1) is 5.41 Å². The summed E-state index contributed by atoms with van der Waals surface area (Å²) in [7, 11) is 0. The van der Waals surface area contributed by atoms with Crippen LogP contribution in [0.15, 0.2) is 78.7 Å². The molecule has 0 spiro atoms. The molecule has 22 heavy (non-hydrogen) atoms. The second-order valence-corrected chi connectivity index (χ2v) is 6.59. The number of hydrogen-bond donors (Lipinski definition) is 1. The molecule has 114 valence electrons. The average molecular weight is 292 g/mol. The molecule has 0 aliphatic heterocycles. The molecule has 1 aromatic heterocycles. The van der Waals surface area contributed by atoms with Gasteiger partial charge in [0, 0.05) is 12.4 Å². The van der Waals surface area contributed by atoms with Crippen molar-refractivity contribution in [1.82, 2.24) is 4.68 Å². The van der Waals surface area contributed by atoms with Gasteiger partial charge in [-0.2, -0.15) is 0 Å². The van der Waals surface area contributed by atoms with Crippen LogP contribution in [-0.4, -0.2) is 4.68 Å². The number of rotatable bonds is 6. The highest BCUT2D eigenvalue weighted by Gasteiger charge is 2.28. The van der Waals surface area contributed by atoms with Crippen molar-refractivity contribution < 1.29 is 0 Å². The van der Waals surface area contributed by atoms with Gasteiger partial charge < -0.3 is 5.43 Å². The largest absolute Gasteiger partial charge is 0.319 e. The standard InChI is InChI=1S/C20H24N2/c1-20(2,18-12-6-7-13-18)16-19(17-10-4-3-5-11-17)21-22-14-8-9-15-22/h3-12,14-15,19,21H,13,16H2,1-2H3. The Morgan fingerprint density at radius 2 is 1.82 bits per heavy atom. The van der Waals surface area contributed by atoms with Crippen LogP contribution >= 0.6 is 0 Å². The Morgan fingerprint density at radius 1 is 1.09 bits per heavy atom. The first-order valence-corrected chi connectivity index (χ1v) is 7.96. The lowest BCUT2D eigenvalue weighted by molar-refractivity contribution is 0.365. The normalized spacial score (nSPS) is 15.6. The van der Waals surface area contributed by atoms with Gasteiger partial charge in [0.05, 0.1) is 6.04 Å². The zero-order valence-corrected chi connectivity index (χ0v) is 13.4. The van der Waals surface area contributed by atoms with Crippen molar-refractivity contribution in [2.24, 2.45) is 5.41 Å². The minimum atomic E-state index is 0.171. The van der Waals surface area contributed by atoms with E-state index < -0.39 is 0 Å². The van der Waals surface area contributed by atoms with Crippen LogP contribution in [-0.2, 0) is 0 Å². The van der Waals surface area contributed by atoms with E-state index in [-0.39, 0.29) is 11.5 Å². The van der Waals surface area contributed by atoms with E-state index >= 15 is 0 Å². The van der Waals surface area contributed by atoms with E-state index in [9.17, 15) is 0 Å². The lowest BCUT2D eigenvalue weighted by Gasteiger charge is -2.32. The van der Waals surface area contributed by atoms with Crippen LogP contribution in [0.5, 0.6) is 0 Å². The Balaban J connectivity index is 1.82. The Kier molecular flexibility index (Phi) is 4.19. The van der Waals surface area contributed by atoms with Crippen molar-refractivity contribution in [1.29, 1.82) is 0 Å². The molecule has 0 saturated carbocycles. The van der Waals surface area contributed by atoms with Crippen molar-refractivity contribution >= 4 is 0 Å². The highest BCUT2D eigenvalue weighted by Crippen LogP contribution is 2.39. The van der Waals surface area contributed by atoms with Crippen LogP contribution in [0.25, 0.3) is 0 Å². The minimum absolute atomic E-state index is 0.171. The summed E-state index contributed by atoms with van der Waals surface area (Å²) in [4.78, 5) is 0. The maximum Gasteiger partial charge on any atom is 0.0681 e. The summed E-state index contributed by atoms with van der Waals surface area (Å²) in [6, 6.07) is 15.1. The van der Waals surface area contributed by atoms with Gasteiger partial charge in [0.2, 0.25) is 0 Å². The van der Waals surface area contributed by atoms with Crippen LogP contribution in [0.3, 0.4) is 0 Å². The quantitative estimate of drug-likeness (QED) is 0.786. The second kappa shape index (κ2) is 6.27. The molecule has 0 saturated heterocycles. The number of hydrogen-bond acceptors (Lipinski definition) is 1. The molecule has 1 N–H and O–H groups in total. The predicted molar refractivity (Wildman–Crippen MR) is 93.2 cm³/mol. The molecule has 2 heteroatoms. The molecule has 3 rings (SSSR count). The molecule has 1 unspecified atom stereocenters. The fourth-order valence-corrected chi connectivity index (χ4v) is 3.11. The second-order valence-electron chi connectivity index (χ2n) is 6.59. The van der Waals surface area contributed by atoms with Gasteiger partial charge in [-0.25, -0.2) is 0 Å². The third kappa shape index (κ3) is 3.33. The number of nitrogens with one attached hydrogen (secondary N) is 1. The van der Waals surface area contributed by atoms with Crippen molar-refractivity contribution in [2.45, 2.75) is 32.7 Å². The smallest absolute Gasteiger partial charge is 0.0681 e. The van der Waals surface area contributed by atoms with Crippen molar-refractivity contribution in [2.75, 3.05) is 5.43 Å². The maximum absolute atomic E-state index is 3.62. The molecule has 0 fully saturated rings. The van der Waals surface area contributed by atoms with Crippen molar-refractivity contribution in [3.63, 3.8) is 0 Å². The Hall–Kier alpha value is -2.22. The van der Waals surface area contributed by atoms with E-state index in [0.29, 0.717) is 0 Å². The van der Waals surface area contributed by atoms with Gasteiger partial charge in [-0.3, -0.25) is 4.68 Å². The van der Waals surface area contributed by atoms with E-state index in [1.165, 1.54) is 11.1 Å². The molecule has 0 amide bonds. The summed E-state index contributed by atoms with van der Waals surface area (Å²) in [5.74, 6) is 0. The first-order valence-electron chi connectivity index (χ1n) is 7.96.